The van der Waals surface area contributed by atoms with E-state index in [2.05, 4.69) is 19.9 Å². The molecule has 1 aliphatic heterocycles. The number of nitrogens with zero attached hydrogens (tertiary/aromatic N) is 6. The first kappa shape index (κ1) is 22.7. The van der Waals surface area contributed by atoms with E-state index in [0.717, 1.165) is 23.7 Å². The van der Waals surface area contributed by atoms with Gasteiger partial charge in [-0.15, -0.1) is 11.3 Å². The molecular weight excluding hydrogens is 475 g/mol. The van der Waals surface area contributed by atoms with Crippen LogP contribution in [0.2, 0.25) is 0 Å². The van der Waals surface area contributed by atoms with Gasteiger partial charge in [0.05, 0.1) is 17.7 Å². The predicted octanol–water partition coefficient (Wildman–Crippen LogP) is 2.33. The molecule has 0 aliphatic carbocycles. The van der Waals surface area contributed by atoms with Gasteiger partial charge in [0.25, 0.3) is 0 Å². The van der Waals surface area contributed by atoms with Gasteiger partial charge in [-0.2, -0.15) is 0 Å². The molecule has 5 heterocycles. The van der Waals surface area contributed by atoms with Crippen LogP contribution in [0.5, 0.6) is 0 Å². The number of carboxylic acid groups (broad SMARTS) is 1. The van der Waals surface area contributed by atoms with E-state index < -0.39 is 22.8 Å². The number of aromatic nitrogens is 5. The third-order valence-corrected chi connectivity index (χ3v) is 6.54. The highest BCUT2D eigenvalue weighted by Gasteiger charge is 2.35. The van der Waals surface area contributed by atoms with Gasteiger partial charge >= 0.3 is 5.97 Å². The third kappa shape index (κ3) is 4.16. The molecule has 0 spiro atoms. The Hall–Kier alpha value is -4.06. The van der Waals surface area contributed by atoms with Crippen molar-refractivity contribution in [3.63, 3.8) is 0 Å². The summed E-state index contributed by atoms with van der Waals surface area (Å²) in [5.74, 6) is -2.13. The summed E-state index contributed by atoms with van der Waals surface area (Å²) in [6.45, 7) is 4.20. The van der Waals surface area contributed by atoms with Crippen LogP contribution in [-0.4, -0.2) is 54.5 Å². The van der Waals surface area contributed by atoms with Crippen LogP contribution in [0.3, 0.4) is 0 Å². The number of carbonyl (C=O) groups excluding carboxylic acids is 1. The zero-order chi connectivity index (χ0) is 24.9. The van der Waals surface area contributed by atoms with Crippen molar-refractivity contribution in [2.45, 2.75) is 20.3 Å². The van der Waals surface area contributed by atoms with Crippen molar-refractivity contribution in [1.29, 1.82) is 0 Å². The summed E-state index contributed by atoms with van der Waals surface area (Å²) >= 11 is 1.22. The van der Waals surface area contributed by atoms with Crippen molar-refractivity contribution in [3.05, 3.63) is 68.7 Å². The van der Waals surface area contributed by atoms with Gasteiger partial charge in [0.2, 0.25) is 5.43 Å². The number of rotatable bonds is 6. The topological polar surface area (TPSA) is 131 Å². The summed E-state index contributed by atoms with van der Waals surface area (Å²) in [6, 6.07) is 2.83. The van der Waals surface area contributed by atoms with Gasteiger partial charge in [0.15, 0.2) is 22.4 Å². The number of hydrogen-bond acceptors (Lipinski definition) is 9. The van der Waals surface area contributed by atoms with E-state index in [9.17, 15) is 19.5 Å². The fraction of sp³-hybridized carbons (Fsp3) is 0.261. The molecule has 10 nitrogen and oxygen atoms in total. The van der Waals surface area contributed by atoms with Gasteiger partial charge in [-0.05, 0) is 26.0 Å². The normalized spacial score (nSPS) is 13.7. The summed E-state index contributed by atoms with van der Waals surface area (Å²) in [6.07, 6.45) is 2.77. The summed E-state index contributed by atoms with van der Waals surface area (Å²) < 4.78 is 16.4. The Balaban J connectivity index is 1.45. The van der Waals surface area contributed by atoms with Crippen LogP contribution in [0.1, 0.15) is 27.6 Å². The summed E-state index contributed by atoms with van der Waals surface area (Å²) in [4.78, 5) is 55.7. The first-order chi connectivity index (χ1) is 16.7. The number of carboxylic acids is 1. The number of halogens is 1. The molecule has 178 valence electrons. The number of anilines is 1. The van der Waals surface area contributed by atoms with Gasteiger partial charge in [-0.25, -0.2) is 29.1 Å². The van der Waals surface area contributed by atoms with Crippen LogP contribution in [0.15, 0.2) is 34.7 Å². The van der Waals surface area contributed by atoms with Crippen molar-refractivity contribution in [2.24, 2.45) is 5.92 Å². The summed E-state index contributed by atoms with van der Waals surface area (Å²) in [7, 11) is 0. The molecule has 0 atom stereocenters. The molecule has 35 heavy (non-hydrogen) atoms. The number of aryl methyl sites for hydroxylation is 2. The number of carbonyl (C=O) groups is 2. The van der Waals surface area contributed by atoms with Gasteiger partial charge in [-0.3, -0.25) is 14.2 Å². The van der Waals surface area contributed by atoms with E-state index in [0.29, 0.717) is 11.0 Å². The first-order valence-corrected chi connectivity index (χ1v) is 11.6. The molecular formula is C23H19FN6O4S. The Kier molecular flexibility index (Phi) is 5.59. The van der Waals surface area contributed by atoms with Crippen LogP contribution in [-0.2, 0) is 11.2 Å². The minimum Gasteiger partial charge on any atom is -0.477 e. The lowest BCUT2D eigenvalue weighted by molar-refractivity contribution is -0.123. The molecule has 1 N–H and O–H groups in total. The second kappa shape index (κ2) is 8.62. The second-order valence-electron chi connectivity index (χ2n) is 8.34. The lowest BCUT2D eigenvalue weighted by Crippen LogP contribution is -2.51. The second-order valence-corrected chi connectivity index (χ2v) is 9.21. The highest BCUT2D eigenvalue weighted by molar-refractivity contribution is 7.12. The molecule has 0 amide bonds. The zero-order valence-electron chi connectivity index (χ0n) is 18.7. The SMILES string of the molecule is Cc1cc(C)nc(CC(=O)C2CN(c3nc4c(cc3F)c(=O)c(C(=O)O)cn4-c3nccs3)C2)n1. The number of ketones is 1. The maximum atomic E-state index is 15.0. The smallest absolute Gasteiger partial charge is 0.341 e. The quantitative estimate of drug-likeness (QED) is 0.429. The van der Waals surface area contributed by atoms with E-state index >= 15 is 4.39 Å². The minimum atomic E-state index is -1.43. The maximum absolute atomic E-state index is 15.0. The Morgan fingerprint density at radius 3 is 2.51 bits per heavy atom. The van der Waals surface area contributed by atoms with Crippen LogP contribution < -0.4 is 10.3 Å². The van der Waals surface area contributed by atoms with Gasteiger partial charge in [0.1, 0.15) is 17.2 Å². The number of fused-ring (bicyclic) bond motifs is 1. The fourth-order valence-electron chi connectivity index (χ4n) is 4.10. The zero-order valence-corrected chi connectivity index (χ0v) is 19.5. The molecule has 0 aromatic carbocycles. The van der Waals surface area contributed by atoms with Crippen molar-refractivity contribution in [3.8, 4) is 5.13 Å². The van der Waals surface area contributed by atoms with Gasteiger partial charge in [-0.1, -0.05) is 0 Å². The number of aromatic carboxylic acids is 1. The summed E-state index contributed by atoms with van der Waals surface area (Å²) in [5, 5.41) is 11.3. The molecule has 1 saturated heterocycles. The van der Waals surface area contributed by atoms with Crippen LogP contribution >= 0.6 is 11.3 Å². The van der Waals surface area contributed by atoms with Crippen molar-refractivity contribution in [1.82, 2.24) is 24.5 Å². The van der Waals surface area contributed by atoms with E-state index in [-0.39, 0.29) is 48.1 Å². The van der Waals surface area contributed by atoms with Gasteiger partial charge in [0, 0.05) is 42.3 Å². The average Bonchev–Trinajstić information content (AvgIpc) is 3.27. The molecule has 4 aromatic heterocycles. The van der Waals surface area contributed by atoms with Gasteiger partial charge < -0.3 is 10.0 Å². The van der Waals surface area contributed by atoms with Crippen LogP contribution in [0.25, 0.3) is 16.2 Å². The molecule has 0 radical (unpaired) electrons. The van der Waals surface area contributed by atoms with E-state index in [1.54, 1.807) is 10.3 Å². The standard InChI is InChI=1S/C23H19FN6O4S/c1-11-5-12(2)27-18(26-11)7-17(31)13-8-29(9-13)21-16(24)6-14-19(32)15(22(33)34)10-30(20(14)28-21)23-25-3-4-35-23/h3-6,10,13H,7-9H2,1-2H3,(H,33,34). The highest BCUT2D eigenvalue weighted by Crippen LogP contribution is 2.29. The molecule has 1 aliphatic rings. The molecule has 0 bridgehead atoms. The van der Waals surface area contributed by atoms with E-state index in [4.69, 9.17) is 0 Å². The number of hydrogen-bond donors (Lipinski definition) is 1. The molecule has 12 heteroatoms. The highest BCUT2D eigenvalue weighted by atomic mass is 32.1. The molecule has 4 aromatic rings. The molecule has 0 unspecified atom stereocenters. The molecule has 1 fully saturated rings. The third-order valence-electron chi connectivity index (χ3n) is 5.77. The van der Waals surface area contributed by atoms with Crippen LogP contribution in [0.4, 0.5) is 10.2 Å². The van der Waals surface area contributed by atoms with E-state index in [1.807, 2.05) is 19.9 Å². The Morgan fingerprint density at radius 2 is 1.89 bits per heavy atom. The predicted molar refractivity (Wildman–Crippen MR) is 126 cm³/mol. The Labute approximate surface area is 201 Å². The molecule has 5 rings (SSSR count). The lowest BCUT2D eigenvalue weighted by atomic mass is 9.93. The lowest BCUT2D eigenvalue weighted by Gasteiger charge is -2.39. The van der Waals surface area contributed by atoms with Crippen molar-refractivity contribution >= 4 is 39.9 Å². The monoisotopic (exact) mass is 494 g/mol. The first-order valence-electron chi connectivity index (χ1n) is 10.7. The molecule has 0 saturated carbocycles. The van der Waals surface area contributed by atoms with Crippen molar-refractivity contribution in [2.75, 3.05) is 18.0 Å². The number of Topliss-reactive ketones (excluding diaryl/α,β-unsaturated/α-hetero) is 1. The minimum absolute atomic E-state index is 0.0167. The van der Waals surface area contributed by atoms with Crippen LogP contribution in [0, 0.1) is 25.6 Å². The number of thiazole rings is 1. The number of pyridine rings is 2. The average molecular weight is 495 g/mol. The Morgan fingerprint density at radius 1 is 1.17 bits per heavy atom. The van der Waals surface area contributed by atoms with E-state index in [1.165, 1.54) is 22.1 Å². The largest absolute Gasteiger partial charge is 0.477 e. The Bertz CT molecular complexity index is 1530. The maximum Gasteiger partial charge on any atom is 0.341 e. The van der Waals surface area contributed by atoms with Crippen molar-refractivity contribution < 1.29 is 19.1 Å². The summed E-state index contributed by atoms with van der Waals surface area (Å²) in [5.41, 5.74) is 0.323. The fourth-order valence-corrected chi connectivity index (χ4v) is 4.72.